The van der Waals surface area contributed by atoms with E-state index in [1.54, 1.807) is 6.20 Å². The molecule has 30 heavy (non-hydrogen) atoms. The van der Waals surface area contributed by atoms with Gasteiger partial charge in [-0.05, 0) is 54.6 Å². The average Bonchev–Trinajstić information content (AvgIpc) is 2.78. The molecule has 0 unspecified atom stereocenters. The summed E-state index contributed by atoms with van der Waals surface area (Å²) in [6, 6.07) is 24.3. The van der Waals surface area contributed by atoms with E-state index >= 15 is 0 Å². The van der Waals surface area contributed by atoms with E-state index in [2.05, 4.69) is 63.6 Å². The number of hydrogen-bond donors (Lipinski definition) is 1. The van der Waals surface area contributed by atoms with Gasteiger partial charge in [0.25, 0.3) is 0 Å². The molecule has 148 valence electrons. The van der Waals surface area contributed by atoms with E-state index in [1.165, 1.54) is 11.1 Å². The van der Waals surface area contributed by atoms with Crippen LogP contribution >= 0.6 is 0 Å². The summed E-state index contributed by atoms with van der Waals surface area (Å²) < 4.78 is 0. The van der Waals surface area contributed by atoms with E-state index in [-0.39, 0.29) is 0 Å². The lowest BCUT2D eigenvalue weighted by atomic mass is 10.1. The molecule has 0 aliphatic carbocycles. The maximum Gasteiger partial charge on any atom is 0.0992 e. The van der Waals surface area contributed by atoms with Gasteiger partial charge in [0.15, 0.2) is 0 Å². The lowest BCUT2D eigenvalue weighted by Crippen LogP contribution is -2.19. The van der Waals surface area contributed by atoms with Crippen molar-refractivity contribution in [2.45, 2.75) is 19.6 Å². The van der Waals surface area contributed by atoms with Crippen molar-refractivity contribution in [1.82, 2.24) is 14.9 Å². The van der Waals surface area contributed by atoms with E-state index < -0.39 is 0 Å². The van der Waals surface area contributed by atoms with Gasteiger partial charge in [-0.2, -0.15) is 5.26 Å². The summed E-state index contributed by atoms with van der Waals surface area (Å²) in [5, 5.41) is 13.7. The first-order valence-corrected chi connectivity index (χ1v) is 9.91. The third-order valence-electron chi connectivity index (χ3n) is 5.06. The standard InChI is InChI=1S/C25H23N5/c1-30(18-22-8-4-5-12-27-22)17-21-7-3-2-6-20(21)16-29-24-11-13-28-25-14-19(15-26)9-10-23(24)25/h2-14H,16-18H2,1H3,(H,28,29). The van der Waals surface area contributed by atoms with Crippen molar-refractivity contribution in [2.75, 3.05) is 12.4 Å². The lowest BCUT2D eigenvalue weighted by Gasteiger charge is -2.19. The van der Waals surface area contributed by atoms with Crippen LogP contribution in [0.2, 0.25) is 0 Å². The molecule has 0 fully saturated rings. The third kappa shape index (κ3) is 4.62. The molecule has 5 heteroatoms. The van der Waals surface area contributed by atoms with Crippen LogP contribution < -0.4 is 5.32 Å². The van der Waals surface area contributed by atoms with Gasteiger partial charge in [-0.25, -0.2) is 0 Å². The highest BCUT2D eigenvalue weighted by Crippen LogP contribution is 2.23. The summed E-state index contributed by atoms with van der Waals surface area (Å²) in [7, 11) is 2.11. The Hall–Kier alpha value is -3.75. The minimum absolute atomic E-state index is 0.619. The zero-order valence-corrected chi connectivity index (χ0v) is 16.9. The minimum atomic E-state index is 0.619. The molecule has 4 rings (SSSR count). The van der Waals surface area contributed by atoms with Gasteiger partial charge in [-0.3, -0.25) is 14.9 Å². The molecular formula is C25H23N5. The number of benzene rings is 2. The summed E-state index contributed by atoms with van der Waals surface area (Å²) in [6.07, 6.45) is 3.61. The van der Waals surface area contributed by atoms with E-state index in [0.717, 1.165) is 35.4 Å². The fourth-order valence-corrected chi connectivity index (χ4v) is 3.56. The molecule has 0 amide bonds. The first kappa shape index (κ1) is 19.6. The SMILES string of the molecule is CN(Cc1ccccn1)Cc1ccccc1CNc1ccnc2cc(C#N)ccc12. The Labute approximate surface area is 176 Å². The molecule has 0 saturated carbocycles. The minimum Gasteiger partial charge on any atom is -0.380 e. The van der Waals surface area contributed by atoms with Crippen LogP contribution in [0.1, 0.15) is 22.4 Å². The van der Waals surface area contributed by atoms with Crippen LogP contribution in [-0.4, -0.2) is 21.9 Å². The van der Waals surface area contributed by atoms with Gasteiger partial charge < -0.3 is 5.32 Å². The zero-order valence-electron chi connectivity index (χ0n) is 16.9. The average molecular weight is 393 g/mol. The van der Waals surface area contributed by atoms with Crippen molar-refractivity contribution >= 4 is 16.6 Å². The number of nitrogens with zero attached hydrogens (tertiary/aromatic N) is 4. The van der Waals surface area contributed by atoms with E-state index in [1.807, 2.05) is 42.6 Å². The van der Waals surface area contributed by atoms with Gasteiger partial charge in [0.05, 0.1) is 22.8 Å². The fourth-order valence-electron chi connectivity index (χ4n) is 3.56. The number of aromatic nitrogens is 2. The highest BCUT2D eigenvalue weighted by Gasteiger charge is 2.08. The van der Waals surface area contributed by atoms with Gasteiger partial charge >= 0.3 is 0 Å². The quantitative estimate of drug-likeness (QED) is 0.491. The van der Waals surface area contributed by atoms with E-state index in [4.69, 9.17) is 5.26 Å². The molecule has 2 aromatic heterocycles. The Kier molecular flexibility index (Phi) is 5.98. The van der Waals surface area contributed by atoms with Gasteiger partial charge in [-0.15, -0.1) is 0 Å². The number of rotatable bonds is 7. The van der Waals surface area contributed by atoms with Gasteiger partial charge in [0.2, 0.25) is 0 Å². The molecule has 0 atom stereocenters. The predicted octanol–water partition coefficient (Wildman–Crippen LogP) is 4.75. The second-order valence-electron chi connectivity index (χ2n) is 7.32. The molecule has 2 heterocycles. The molecule has 0 bridgehead atoms. The first-order chi connectivity index (χ1) is 14.7. The second-order valence-corrected chi connectivity index (χ2v) is 7.32. The number of nitrogens with one attached hydrogen (secondary N) is 1. The summed E-state index contributed by atoms with van der Waals surface area (Å²) in [5.41, 5.74) is 6.06. The number of nitriles is 1. The molecule has 4 aromatic rings. The highest BCUT2D eigenvalue weighted by atomic mass is 15.1. The van der Waals surface area contributed by atoms with E-state index in [0.29, 0.717) is 12.1 Å². The maximum atomic E-state index is 9.11. The zero-order chi connectivity index (χ0) is 20.8. The summed E-state index contributed by atoms with van der Waals surface area (Å²) in [5.74, 6) is 0. The molecule has 5 nitrogen and oxygen atoms in total. The van der Waals surface area contributed by atoms with Gasteiger partial charge in [-0.1, -0.05) is 30.3 Å². The Morgan fingerprint density at radius 1 is 0.900 bits per heavy atom. The Balaban J connectivity index is 1.48. The number of pyridine rings is 2. The normalized spacial score (nSPS) is 10.8. The molecule has 0 spiro atoms. The van der Waals surface area contributed by atoms with Crippen molar-refractivity contribution in [1.29, 1.82) is 5.26 Å². The maximum absolute atomic E-state index is 9.11. The number of hydrogen-bond acceptors (Lipinski definition) is 5. The fraction of sp³-hybridized carbons (Fsp3) is 0.160. The number of anilines is 1. The van der Waals surface area contributed by atoms with E-state index in [9.17, 15) is 0 Å². The van der Waals surface area contributed by atoms with Crippen LogP contribution in [0.3, 0.4) is 0 Å². The topological polar surface area (TPSA) is 64.8 Å². The molecule has 2 aromatic carbocycles. The molecule has 0 aliphatic rings. The highest BCUT2D eigenvalue weighted by molar-refractivity contribution is 5.91. The van der Waals surface area contributed by atoms with Crippen LogP contribution in [0, 0.1) is 11.3 Å². The van der Waals surface area contributed by atoms with Crippen LogP contribution in [0.25, 0.3) is 10.9 Å². The van der Waals surface area contributed by atoms with Crippen LogP contribution in [0.15, 0.2) is 79.1 Å². The molecule has 0 saturated heterocycles. The van der Waals surface area contributed by atoms with Crippen molar-refractivity contribution in [3.63, 3.8) is 0 Å². The van der Waals surface area contributed by atoms with Gasteiger partial charge in [0.1, 0.15) is 0 Å². The predicted molar refractivity (Wildman–Crippen MR) is 120 cm³/mol. The van der Waals surface area contributed by atoms with Crippen molar-refractivity contribution < 1.29 is 0 Å². The van der Waals surface area contributed by atoms with Crippen molar-refractivity contribution in [3.05, 3.63) is 102 Å². The summed E-state index contributed by atoms with van der Waals surface area (Å²) >= 11 is 0. The summed E-state index contributed by atoms with van der Waals surface area (Å²) in [4.78, 5) is 11.1. The second kappa shape index (κ2) is 9.17. The molecule has 0 radical (unpaired) electrons. The Morgan fingerprint density at radius 3 is 2.53 bits per heavy atom. The van der Waals surface area contributed by atoms with Gasteiger partial charge in [0, 0.05) is 43.1 Å². The third-order valence-corrected chi connectivity index (χ3v) is 5.06. The van der Waals surface area contributed by atoms with Crippen molar-refractivity contribution in [2.24, 2.45) is 0 Å². The van der Waals surface area contributed by atoms with Crippen LogP contribution in [0.4, 0.5) is 5.69 Å². The molecular weight excluding hydrogens is 370 g/mol. The molecule has 1 N–H and O–H groups in total. The largest absolute Gasteiger partial charge is 0.380 e. The number of fused-ring (bicyclic) bond motifs is 1. The Morgan fingerprint density at radius 2 is 1.73 bits per heavy atom. The molecule has 0 aliphatic heterocycles. The summed E-state index contributed by atoms with van der Waals surface area (Å²) in [6.45, 7) is 2.36. The monoisotopic (exact) mass is 393 g/mol. The van der Waals surface area contributed by atoms with Crippen LogP contribution in [0.5, 0.6) is 0 Å². The Bertz CT molecular complexity index is 1180. The smallest absolute Gasteiger partial charge is 0.0992 e. The lowest BCUT2D eigenvalue weighted by molar-refractivity contribution is 0.314. The van der Waals surface area contributed by atoms with Crippen molar-refractivity contribution in [3.8, 4) is 6.07 Å². The van der Waals surface area contributed by atoms with Crippen LogP contribution in [-0.2, 0) is 19.6 Å². The first-order valence-electron chi connectivity index (χ1n) is 9.91.